The summed E-state index contributed by atoms with van der Waals surface area (Å²) in [4.78, 5) is 0. The van der Waals surface area contributed by atoms with Crippen molar-refractivity contribution in [2.24, 2.45) is 5.10 Å². The van der Waals surface area contributed by atoms with E-state index in [0.29, 0.717) is 11.4 Å². The second-order valence-electron chi connectivity index (χ2n) is 3.17. The van der Waals surface area contributed by atoms with Gasteiger partial charge in [0.05, 0.1) is 11.4 Å². The molecule has 2 aromatic rings. The first-order valence-electron chi connectivity index (χ1n) is 4.71. The average molecular weight is 217 g/mol. The molecule has 0 aliphatic carbocycles. The van der Waals surface area contributed by atoms with Gasteiger partial charge in [-0.1, -0.05) is 18.2 Å². The maximum absolute atomic E-state index is 5.53. The smallest absolute Gasteiger partial charge is 0.197 e. The molecule has 0 aliphatic heterocycles. The maximum Gasteiger partial charge on any atom is 0.197 e. The van der Waals surface area contributed by atoms with Crippen molar-refractivity contribution in [2.45, 2.75) is 6.92 Å². The van der Waals surface area contributed by atoms with Gasteiger partial charge in [0.2, 0.25) is 0 Å². The van der Waals surface area contributed by atoms with Crippen molar-refractivity contribution in [1.29, 1.82) is 0 Å². The van der Waals surface area contributed by atoms with E-state index in [-0.39, 0.29) is 5.82 Å². The van der Waals surface area contributed by atoms with E-state index in [9.17, 15) is 0 Å². The Morgan fingerprint density at radius 2 is 2.06 bits per heavy atom. The number of benzene rings is 1. The molecule has 0 saturated heterocycles. The third-order valence-corrected chi connectivity index (χ3v) is 1.98. The highest BCUT2D eigenvalue weighted by Gasteiger charge is 2.08. The highest BCUT2D eigenvalue weighted by Crippen LogP contribution is 2.08. The third kappa shape index (κ3) is 2.17. The zero-order valence-corrected chi connectivity index (χ0v) is 8.71. The number of hydrogen-bond donors (Lipinski definition) is 2. The number of anilines is 2. The summed E-state index contributed by atoms with van der Waals surface area (Å²) in [6.07, 6.45) is 0. The van der Waals surface area contributed by atoms with E-state index in [0.717, 1.165) is 5.69 Å². The zero-order chi connectivity index (χ0) is 11.4. The van der Waals surface area contributed by atoms with E-state index in [4.69, 9.17) is 5.73 Å². The van der Waals surface area contributed by atoms with Gasteiger partial charge in [-0.2, -0.15) is 5.10 Å². The molecule has 3 N–H and O–H groups in total. The number of rotatable bonds is 3. The van der Waals surface area contributed by atoms with Gasteiger partial charge in [0.15, 0.2) is 11.5 Å². The number of nitrogens with one attached hydrogen (secondary N) is 1. The number of nitrogens with two attached hydrogens (primary N) is 1. The molecular weight excluding hydrogens is 206 g/mol. The second-order valence-corrected chi connectivity index (χ2v) is 3.17. The quantitative estimate of drug-likeness (QED) is 0.600. The van der Waals surface area contributed by atoms with Crippen LogP contribution in [0, 0.1) is 0 Å². The summed E-state index contributed by atoms with van der Waals surface area (Å²) in [6.45, 7) is 1.77. The predicted molar refractivity (Wildman–Crippen MR) is 61.0 cm³/mol. The van der Waals surface area contributed by atoms with Crippen LogP contribution < -0.4 is 11.2 Å². The number of hydrogen-bond acceptors (Lipinski definition) is 6. The molecule has 1 aromatic carbocycles. The van der Waals surface area contributed by atoms with Crippen LogP contribution in [0.2, 0.25) is 0 Å². The zero-order valence-electron chi connectivity index (χ0n) is 8.71. The third-order valence-electron chi connectivity index (χ3n) is 1.98. The Balaban J connectivity index is 2.12. The lowest BCUT2D eigenvalue weighted by atomic mass is 10.3. The van der Waals surface area contributed by atoms with Crippen LogP contribution in [-0.2, 0) is 0 Å². The number of hydrazone groups is 1. The van der Waals surface area contributed by atoms with Crippen LogP contribution in [0.25, 0.3) is 0 Å². The molecule has 0 bridgehead atoms. The Morgan fingerprint density at radius 1 is 1.31 bits per heavy atom. The highest BCUT2D eigenvalue weighted by molar-refractivity contribution is 6.00. The van der Waals surface area contributed by atoms with Crippen LogP contribution in [0.3, 0.4) is 0 Å². The standard InChI is InChI=1S/C10H11N5O/c1-7(9-10(11)15-16-14-9)12-13-8-5-3-2-4-6-8/h2-6,13H,1H3,(H2,11,15). The Kier molecular flexibility index (Phi) is 2.81. The van der Waals surface area contributed by atoms with Crippen LogP contribution in [-0.4, -0.2) is 16.0 Å². The van der Waals surface area contributed by atoms with Gasteiger partial charge in [-0.15, -0.1) is 0 Å². The van der Waals surface area contributed by atoms with Crippen molar-refractivity contribution < 1.29 is 4.63 Å². The van der Waals surface area contributed by atoms with Crippen molar-refractivity contribution in [3.05, 3.63) is 36.0 Å². The fourth-order valence-corrected chi connectivity index (χ4v) is 1.16. The van der Waals surface area contributed by atoms with Crippen molar-refractivity contribution in [3.8, 4) is 0 Å². The van der Waals surface area contributed by atoms with Gasteiger partial charge in [0, 0.05) is 0 Å². The van der Waals surface area contributed by atoms with Crippen molar-refractivity contribution in [2.75, 3.05) is 11.2 Å². The van der Waals surface area contributed by atoms with Crippen LogP contribution in [0.15, 0.2) is 40.1 Å². The second kappa shape index (κ2) is 4.43. The number of nitrogens with zero attached hydrogens (tertiary/aromatic N) is 3. The molecule has 0 amide bonds. The molecular formula is C10H11N5O. The molecule has 0 unspecified atom stereocenters. The molecule has 0 atom stereocenters. The minimum atomic E-state index is 0.233. The number of aromatic nitrogens is 2. The first kappa shape index (κ1) is 10.2. The van der Waals surface area contributed by atoms with E-state index in [1.807, 2.05) is 30.3 Å². The van der Waals surface area contributed by atoms with E-state index in [1.54, 1.807) is 6.92 Å². The van der Waals surface area contributed by atoms with Crippen molar-refractivity contribution >= 4 is 17.2 Å². The van der Waals surface area contributed by atoms with E-state index in [2.05, 4.69) is 25.5 Å². The lowest BCUT2D eigenvalue weighted by molar-refractivity contribution is 0.308. The molecule has 6 heteroatoms. The summed E-state index contributed by atoms with van der Waals surface area (Å²) in [5.74, 6) is 0.233. The minimum Gasteiger partial charge on any atom is -0.379 e. The number of nitrogen functional groups attached to an aromatic ring is 1. The molecule has 0 saturated carbocycles. The lowest BCUT2D eigenvalue weighted by Crippen LogP contribution is -2.03. The summed E-state index contributed by atoms with van der Waals surface area (Å²) in [5.41, 5.74) is 10.4. The molecule has 16 heavy (non-hydrogen) atoms. The van der Waals surface area contributed by atoms with Gasteiger partial charge in [-0.05, 0) is 29.4 Å². The predicted octanol–water partition coefficient (Wildman–Crippen LogP) is 1.49. The topological polar surface area (TPSA) is 89.3 Å². The Morgan fingerprint density at radius 3 is 2.69 bits per heavy atom. The van der Waals surface area contributed by atoms with Crippen LogP contribution in [0.4, 0.5) is 11.5 Å². The molecule has 0 aliphatic rings. The van der Waals surface area contributed by atoms with Gasteiger partial charge in [-0.25, -0.2) is 4.63 Å². The average Bonchev–Trinajstić information content (AvgIpc) is 2.74. The molecule has 1 aromatic heterocycles. The molecule has 0 fully saturated rings. The van der Waals surface area contributed by atoms with Crippen LogP contribution in [0.1, 0.15) is 12.6 Å². The van der Waals surface area contributed by atoms with Gasteiger partial charge in [0.1, 0.15) is 0 Å². The van der Waals surface area contributed by atoms with Crippen LogP contribution in [0.5, 0.6) is 0 Å². The molecule has 82 valence electrons. The van der Waals surface area contributed by atoms with Crippen molar-refractivity contribution in [3.63, 3.8) is 0 Å². The molecule has 1 heterocycles. The van der Waals surface area contributed by atoms with E-state index >= 15 is 0 Å². The van der Waals surface area contributed by atoms with Crippen LogP contribution >= 0.6 is 0 Å². The SMILES string of the molecule is CC(=NNc1ccccc1)c1nonc1N. The molecule has 2 rings (SSSR count). The first-order valence-corrected chi connectivity index (χ1v) is 4.71. The summed E-state index contributed by atoms with van der Waals surface area (Å²) < 4.78 is 4.48. The van der Waals surface area contributed by atoms with E-state index < -0.39 is 0 Å². The fourth-order valence-electron chi connectivity index (χ4n) is 1.16. The summed E-state index contributed by atoms with van der Waals surface area (Å²) in [5, 5.41) is 11.2. The minimum absolute atomic E-state index is 0.233. The lowest BCUT2D eigenvalue weighted by Gasteiger charge is -2.00. The summed E-state index contributed by atoms with van der Waals surface area (Å²) in [7, 11) is 0. The van der Waals surface area contributed by atoms with Gasteiger partial charge < -0.3 is 5.73 Å². The monoisotopic (exact) mass is 217 g/mol. The summed E-state index contributed by atoms with van der Waals surface area (Å²) in [6, 6.07) is 9.57. The molecule has 6 nitrogen and oxygen atoms in total. The Hall–Kier alpha value is -2.37. The van der Waals surface area contributed by atoms with Gasteiger partial charge in [-0.3, -0.25) is 5.43 Å². The fraction of sp³-hybridized carbons (Fsp3) is 0.100. The Labute approximate surface area is 92.1 Å². The highest BCUT2D eigenvalue weighted by atomic mass is 16.6. The molecule has 0 spiro atoms. The first-order chi connectivity index (χ1) is 7.77. The molecule has 0 radical (unpaired) electrons. The number of para-hydroxylation sites is 1. The largest absolute Gasteiger partial charge is 0.379 e. The normalized spacial score (nSPS) is 11.4. The van der Waals surface area contributed by atoms with E-state index in [1.165, 1.54) is 0 Å². The maximum atomic E-state index is 5.53. The van der Waals surface area contributed by atoms with Gasteiger partial charge in [0.25, 0.3) is 0 Å². The van der Waals surface area contributed by atoms with Crippen molar-refractivity contribution in [1.82, 2.24) is 10.3 Å². The summed E-state index contributed by atoms with van der Waals surface area (Å²) >= 11 is 0. The Bertz CT molecular complexity index is 491. The van der Waals surface area contributed by atoms with Gasteiger partial charge >= 0.3 is 0 Å².